The maximum Gasteiger partial charge on any atom is 0.242 e. The van der Waals surface area contributed by atoms with Crippen molar-refractivity contribution in [1.29, 1.82) is 0 Å². The molecule has 1 rings (SSSR count). The minimum absolute atomic E-state index is 0.0763. The van der Waals surface area contributed by atoms with E-state index in [9.17, 15) is 13.5 Å². The van der Waals surface area contributed by atoms with Gasteiger partial charge < -0.3 is 14.6 Å². The lowest BCUT2D eigenvalue weighted by atomic mass is 10.2. The third-order valence-corrected chi connectivity index (χ3v) is 4.83. The molecule has 0 fully saturated rings. The zero-order valence-corrected chi connectivity index (χ0v) is 13.9. The minimum Gasteiger partial charge on any atom is -0.493 e. The smallest absolute Gasteiger partial charge is 0.242 e. The molecule has 6 nitrogen and oxygen atoms in total. The molecule has 1 aromatic rings. The van der Waals surface area contributed by atoms with Crippen molar-refractivity contribution in [3.63, 3.8) is 0 Å². The summed E-state index contributed by atoms with van der Waals surface area (Å²) in [5.41, 5.74) is 0.369. The fourth-order valence-corrected chi connectivity index (χ4v) is 3.48. The standard InChI is InChI=1S/C14H23NO5S/c1-10(2)8-15(3)21(17,18)12-6-11(9-16)14(20-5)13(7-12)19-4/h6-7,10,16H,8-9H2,1-5H3. The van der Waals surface area contributed by atoms with Crippen LogP contribution in [0.2, 0.25) is 0 Å². The van der Waals surface area contributed by atoms with Gasteiger partial charge in [0.1, 0.15) is 0 Å². The highest BCUT2D eigenvalue weighted by molar-refractivity contribution is 7.89. The largest absolute Gasteiger partial charge is 0.493 e. The van der Waals surface area contributed by atoms with Crippen molar-refractivity contribution in [3.05, 3.63) is 17.7 Å². The number of sulfonamides is 1. The Hall–Kier alpha value is -1.31. The van der Waals surface area contributed by atoms with Crippen molar-refractivity contribution in [2.75, 3.05) is 27.8 Å². The number of hydrogen-bond donors (Lipinski definition) is 1. The van der Waals surface area contributed by atoms with E-state index in [1.54, 1.807) is 0 Å². The number of aliphatic hydroxyl groups excluding tert-OH is 1. The average Bonchev–Trinajstić information content (AvgIpc) is 2.44. The van der Waals surface area contributed by atoms with Gasteiger partial charge in [0.05, 0.1) is 25.7 Å². The first kappa shape index (κ1) is 17.7. The molecule has 21 heavy (non-hydrogen) atoms. The third kappa shape index (κ3) is 3.87. The van der Waals surface area contributed by atoms with Crippen LogP contribution in [-0.4, -0.2) is 45.6 Å². The van der Waals surface area contributed by atoms with Crippen molar-refractivity contribution >= 4 is 10.0 Å². The van der Waals surface area contributed by atoms with Gasteiger partial charge in [-0.05, 0) is 12.0 Å². The van der Waals surface area contributed by atoms with Crippen LogP contribution in [0.3, 0.4) is 0 Å². The zero-order chi connectivity index (χ0) is 16.2. The molecule has 1 N–H and O–H groups in total. The second-order valence-corrected chi connectivity index (χ2v) is 7.20. The summed E-state index contributed by atoms with van der Waals surface area (Å²) < 4.78 is 36.7. The summed E-state index contributed by atoms with van der Waals surface area (Å²) in [6.45, 7) is 3.96. The average molecular weight is 317 g/mol. The van der Waals surface area contributed by atoms with Crippen LogP contribution >= 0.6 is 0 Å². The second-order valence-electron chi connectivity index (χ2n) is 5.16. The SMILES string of the molecule is COc1cc(S(=O)(=O)N(C)CC(C)C)cc(CO)c1OC. The summed E-state index contributed by atoms with van der Waals surface area (Å²) in [6.07, 6.45) is 0. The Kier molecular flexibility index (Phi) is 6.00. The molecule has 0 spiro atoms. The molecular weight excluding hydrogens is 294 g/mol. The van der Waals surface area contributed by atoms with E-state index in [1.807, 2.05) is 13.8 Å². The molecule has 1 aromatic carbocycles. The highest BCUT2D eigenvalue weighted by Crippen LogP contribution is 2.35. The quantitative estimate of drug-likeness (QED) is 0.824. The van der Waals surface area contributed by atoms with Crippen molar-refractivity contribution < 1.29 is 23.0 Å². The minimum atomic E-state index is -3.64. The molecule has 0 aliphatic carbocycles. The topological polar surface area (TPSA) is 76.1 Å². The van der Waals surface area contributed by atoms with Crippen LogP contribution in [0.5, 0.6) is 11.5 Å². The molecule has 7 heteroatoms. The van der Waals surface area contributed by atoms with Crippen LogP contribution in [0.4, 0.5) is 0 Å². The predicted molar refractivity (Wildman–Crippen MR) is 80.1 cm³/mol. The fourth-order valence-electron chi connectivity index (χ4n) is 2.07. The monoisotopic (exact) mass is 317 g/mol. The van der Waals surface area contributed by atoms with E-state index in [0.717, 1.165) is 0 Å². The highest BCUT2D eigenvalue weighted by Gasteiger charge is 2.24. The lowest BCUT2D eigenvalue weighted by molar-refractivity contribution is 0.269. The molecule has 0 saturated heterocycles. The maximum absolute atomic E-state index is 12.6. The van der Waals surface area contributed by atoms with Gasteiger partial charge in [0.2, 0.25) is 10.0 Å². The van der Waals surface area contributed by atoms with E-state index >= 15 is 0 Å². The molecule has 0 radical (unpaired) electrons. The van der Waals surface area contributed by atoms with Gasteiger partial charge in [-0.3, -0.25) is 0 Å². The number of ether oxygens (including phenoxy) is 2. The lowest BCUT2D eigenvalue weighted by Crippen LogP contribution is -2.30. The van der Waals surface area contributed by atoms with E-state index in [1.165, 1.54) is 37.7 Å². The van der Waals surface area contributed by atoms with E-state index < -0.39 is 10.0 Å². The van der Waals surface area contributed by atoms with Gasteiger partial charge in [0, 0.05) is 25.2 Å². The van der Waals surface area contributed by atoms with Crippen molar-refractivity contribution in [3.8, 4) is 11.5 Å². The Bertz CT molecular complexity index is 558. The fraction of sp³-hybridized carbons (Fsp3) is 0.571. The van der Waals surface area contributed by atoms with Gasteiger partial charge in [-0.25, -0.2) is 12.7 Å². The number of hydrogen-bond acceptors (Lipinski definition) is 5. The maximum atomic E-state index is 12.6. The molecule has 120 valence electrons. The van der Waals surface area contributed by atoms with Crippen molar-refractivity contribution in [2.24, 2.45) is 5.92 Å². The van der Waals surface area contributed by atoms with E-state index in [2.05, 4.69) is 0 Å². The zero-order valence-electron chi connectivity index (χ0n) is 13.1. The molecule has 0 bridgehead atoms. The van der Waals surface area contributed by atoms with Gasteiger partial charge in [-0.15, -0.1) is 0 Å². The summed E-state index contributed by atoms with van der Waals surface area (Å²) in [5, 5.41) is 9.40. The Labute approximate surface area is 126 Å². The normalized spacial score (nSPS) is 12.0. The molecule has 0 aliphatic rings. The van der Waals surface area contributed by atoms with Crippen LogP contribution in [0, 0.1) is 5.92 Å². The summed E-state index contributed by atoms with van der Waals surface area (Å²) >= 11 is 0. The summed E-state index contributed by atoms with van der Waals surface area (Å²) in [7, 11) is 0.759. The summed E-state index contributed by atoms with van der Waals surface area (Å²) in [6, 6.07) is 2.82. The van der Waals surface area contributed by atoms with Crippen LogP contribution in [-0.2, 0) is 16.6 Å². The second kappa shape index (κ2) is 7.11. The van der Waals surface area contributed by atoms with Crippen LogP contribution in [0.1, 0.15) is 19.4 Å². The first-order valence-electron chi connectivity index (χ1n) is 6.60. The molecule has 0 unspecified atom stereocenters. The third-order valence-electron chi connectivity index (χ3n) is 3.03. The van der Waals surface area contributed by atoms with Crippen LogP contribution in [0.15, 0.2) is 17.0 Å². The van der Waals surface area contributed by atoms with E-state index in [4.69, 9.17) is 9.47 Å². The molecule has 0 atom stereocenters. The lowest BCUT2D eigenvalue weighted by Gasteiger charge is -2.21. The molecule has 0 aliphatic heterocycles. The first-order chi connectivity index (χ1) is 9.77. The van der Waals surface area contributed by atoms with Gasteiger partial charge in [0.25, 0.3) is 0 Å². The molecule has 0 heterocycles. The Balaban J connectivity index is 3.36. The first-order valence-corrected chi connectivity index (χ1v) is 8.04. The van der Waals surface area contributed by atoms with Crippen LogP contribution in [0.25, 0.3) is 0 Å². The van der Waals surface area contributed by atoms with Crippen molar-refractivity contribution in [1.82, 2.24) is 4.31 Å². The predicted octanol–water partition coefficient (Wildman–Crippen LogP) is 1.47. The molecular formula is C14H23NO5S. The van der Waals surface area contributed by atoms with E-state index in [-0.39, 0.29) is 23.2 Å². The van der Waals surface area contributed by atoms with Gasteiger partial charge in [0.15, 0.2) is 11.5 Å². The number of aliphatic hydroxyl groups is 1. The Morgan fingerprint density at radius 2 is 1.86 bits per heavy atom. The van der Waals surface area contributed by atoms with Crippen LogP contribution < -0.4 is 9.47 Å². The summed E-state index contributed by atoms with van der Waals surface area (Å²) in [5.74, 6) is 0.827. The Morgan fingerprint density at radius 1 is 1.24 bits per heavy atom. The number of nitrogens with zero attached hydrogens (tertiary/aromatic N) is 1. The number of benzene rings is 1. The summed E-state index contributed by atoms with van der Waals surface area (Å²) in [4.78, 5) is 0.0763. The van der Waals surface area contributed by atoms with Crippen molar-refractivity contribution in [2.45, 2.75) is 25.3 Å². The molecule has 0 saturated carbocycles. The Morgan fingerprint density at radius 3 is 2.29 bits per heavy atom. The number of rotatable bonds is 7. The van der Waals surface area contributed by atoms with E-state index in [0.29, 0.717) is 17.9 Å². The molecule has 0 aromatic heterocycles. The molecule has 0 amide bonds. The highest BCUT2D eigenvalue weighted by atomic mass is 32.2. The van der Waals surface area contributed by atoms with Gasteiger partial charge in [-0.2, -0.15) is 0 Å². The van der Waals surface area contributed by atoms with Gasteiger partial charge in [-0.1, -0.05) is 13.8 Å². The number of methoxy groups -OCH3 is 2. The van der Waals surface area contributed by atoms with Gasteiger partial charge >= 0.3 is 0 Å².